The molecule has 5 heteroatoms. The van der Waals surface area contributed by atoms with E-state index in [1.807, 2.05) is 80.6 Å². The number of ether oxygens (including phenoxy) is 2. The lowest BCUT2D eigenvalue weighted by molar-refractivity contribution is -0.122. The summed E-state index contributed by atoms with van der Waals surface area (Å²) < 4.78 is 10.8. The van der Waals surface area contributed by atoms with Gasteiger partial charge in [-0.3, -0.25) is 9.59 Å². The lowest BCUT2D eigenvalue weighted by atomic mass is 9.85. The van der Waals surface area contributed by atoms with Gasteiger partial charge in [0.15, 0.2) is 0 Å². The largest absolute Gasteiger partial charge is 0.497 e. The molecular weight excluding hydrogens is 462 g/mol. The zero-order valence-corrected chi connectivity index (χ0v) is 21.4. The van der Waals surface area contributed by atoms with E-state index in [1.165, 1.54) is 4.90 Å². The van der Waals surface area contributed by atoms with Gasteiger partial charge < -0.3 is 9.47 Å². The molecule has 0 spiro atoms. The Morgan fingerprint density at radius 1 is 0.703 bits per heavy atom. The zero-order chi connectivity index (χ0) is 25.8. The van der Waals surface area contributed by atoms with Crippen molar-refractivity contribution in [3.63, 3.8) is 0 Å². The van der Waals surface area contributed by atoms with E-state index in [4.69, 9.17) is 9.47 Å². The van der Waals surface area contributed by atoms with E-state index in [1.54, 1.807) is 14.2 Å². The summed E-state index contributed by atoms with van der Waals surface area (Å²) in [6, 6.07) is 21.9. The molecule has 186 valence electrons. The first kappa shape index (κ1) is 23.3. The first-order valence-corrected chi connectivity index (χ1v) is 12.6. The van der Waals surface area contributed by atoms with Gasteiger partial charge in [-0.15, -0.1) is 0 Å². The fourth-order valence-corrected chi connectivity index (χ4v) is 6.41. The van der Waals surface area contributed by atoms with Gasteiger partial charge in [0.1, 0.15) is 11.5 Å². The van der Waals surface area contributed by atoms with Crippen LogP contribution in [0.5, 0.6) is 11.5 Å². The highest BCUT2D eigenvalue weighted by Crippen LogP contribution is 2.59. The number of amides is 2. The molecule has 2 aliphatic carbocycles. The molecule has 0 aromatic heterocycles. The first-order chi connectivity index (χ1) is 17.9. The van der Waals surface area contributed by atoms with Crippen LogP contribution in [0.25, 0.3) is 5.57 Å². The lowest BCUT2D eigenvalue weighted by Crippen LogP contribution is -2.33. The van der Waals surface area contributed by atoms with E-state index in [0.29, 0.717) is 5.69 Å². The number of allylic oxidation sites excluding steroid dienone is 3. The van der Waals surface area contributed by atoms with Crippen molar-refractivity contribution in [2.24, 2.45) is 23.7 Å². The fraction of sp³-hybridized carbons (Fsp3) is 0.250. The number of imide groups is 1. The highest BCUT2D eigenvalue weighted by atomic mass is 16.5. The molecule has 2 bridgehead atoms. The highest BCUT2D eigenvalue weighted by Gasteiger charge is 2.62. The second-order valence-electron chi connectivity index (χ2n) is 10.1. The number of carbonyl (C=O) groups excluding carboxylic acids is 2. The van der Waals surface area contributed by atoms with Crippen molar-refractivity contribution in [2.45, 2.75) is 13.8 Å². The van der Waals surface area contributed by atoms with Gasteiger partial charge in [-0.25, -0.2) is 4.90 Å². The summed E-state index contributed by atoms with van der Waals surface area (Å²) in [7, 11) is 3.30. The molecule has 3 aliphatic rings. The van der Waals surface area contributed by atoms with Gasteiger partial charge >= 0.3 is 0 Å². The highest BCUT2D eigenvalue weighted by molar-refractivity contribution is 6.23. The molecule has 4 atom stereocenters. The van der Waals surface area contributed by atoms with Crippen molar-refractivity contribution < 1.29 is 19.1 Å². The molecule has 0 unspecified atom stereocenters. The molecule has 1 heterocycles. The van der Waals surface area contributed by atoms with Crippen molar-refractivity contribution in [1.29, 1.82) is 0 Å². The van der Waals surface area contributed by atoms with Gasteiger partial charge in [0, 0.05) is 11.8 Å². The van der Waals surface area contributed by atoms with Gasteiger partial charge in [0.25, 0.3) is 0 Å². The molecule has 2 amide bonds. The van der Waals surface area contributed by atoms with Crippen molar-refractivity contribution in [2.75, 3.05) is 19.1 Å². The quantitative estimate of drug-likeness (QED) is 0.337. The number of rotatable bonds is 5. The van der Waals surface area contributed by atoms with Crippen molar-refractivity contribution in [3.8, 4) is 11.5 Å². The summed E-state index contributed by atoms with van der Waals surface area (Å²) in [5.74, 6) is 0.348. The van der Waals surface area contributed by atoms with Crippen LogP contribution in [-0.4, -0.2) is 26.0 Å². The summed E-state index contributed by atoms with van der Waals surface area (Å²) in [4.78, 5) is 29.1. The fourth-order valence-electron chi connectivity index (χ4n) is 6.41. The van der Waals surface area contributed by atoms with Gasteiger partial charge in [-0.05, 0) is 72.0 Å². The molecular formula is C32H29NO4. The molecule has 3 aromatic rings. The van der Waals surface area contributed by atoms with Crippen LogP contribution in [0.3, 0.4) is 0 Å². The number of hydrogen-bond donors (Lipinski definition) is 0. The third-order valence-corrected chi connectivity index (χ3v) is 8.06. The third kappa shape index (κ3) is 3.52. The molecule has 5 nitrogen and oxygen atoms in total. The Bertz CT molecular complexity index is 1380. The van der Waals surface area contributed by atoms with Crippen LogP contribution in [0.15, 0.2) is 84.5 Å². The summed E-state index contributed by atoms with van der Waals surface area (Å²) in [5, 5.41) is 0. The molecule has 37 heavy (non-hydrogen) atoms. The third-order valence-electron chi connectivity index (χ3n) is 8.06. The topological polar surface area (TPSA) is 55.8 Å². The molecule has 1 saturated carbocycles. The number of anilines is 1. The molecule has 3 aromatic carbocycles. The number of methoxy groups -OCH3 is 2. The van der Waals surface area contributed by atoms with Crippen LogP contribution in [0.1, 0.15) is 22.3 Å². The molecule has 1 aliphatic heterocycles. The monoisotopic (exact) mass is 491 g/mol. The van der Waals surface area contributed by atoms with Crippen LogP contribution in [0, 0.1) is 37.5 Å². The van der Waals surface area contributed by atoms with Crippen LogP contribution < -0.4 is 14.4 Å². The molecule has 0 radical (unpaired) electrons. The molecule has 2 fully saturated rings. The number of nitrogens with zero attached hydrogens (tertiary/aromatic N) is 1. The van der Waals surface area contributed by atoms with Gasteiger partial charge in [-0.1, -0.05) is 54.1 Å². The Labute approximate surface area is 217 Å². The number of aryl methyl sites for hydroxylation is 2. The lowest BCUT2D eigenvalue weighted by Gasteiger charge is -2.23. The van der Waals surface area contributed by atoms with Crippen molar-refractivity contribution in [3.05, 3.63) is 107 Å². The Balaban J connectivity index is 1.47. The Morgan fingerprint density at radius 3 is 1.62 bits per heavy atom. The second kappa shape index (κ2) is 8.77. The van der Waals surface area contributed by atoms with Crippen LogP contribution in [0.2, 0.25) is 0 Å². The zero-order valence-electron chi connectivity index (χ0n) is 21.4. The number of fused-ring (bicyclic) bond motifs is 5. The number of carbonyl (C=O) groups is 2. The maximum absolute atomic E-state index is 13.8. The summed E-state index contributed by atoms with van der Waals surface area (Å²) >= 11 is 0. The van der Waals surface area contributed by atoms with E-state index in [0.717, 1.165) is 44.9 Å². The second-order valence-corrected chi connectivity index (χ2v) is 10.1. The van der Waals surface area contributed by atoms with E-state index >= 15 is 0 Å². The smallest absolute Gasteiger partial charge is 0.238 e. The molecule has 6 rings (SSSR count). The first-order valence-electron chi connectivity index (χ1n) is 12.6. The molecule has 1 saturated heterocycles. The van der Waals surface area contributed by atoms with E-state index < -0.39 is 0 Å². The number of benzene rings is 3. The predicted molar refractivity (Wildman–Crippen MR) is 144 cm³/mol. The van der Waals surface area contributed by atoms with E-state index in [-0.39, 0.29) is 35.5 Å². The summed E-state index contributed by atoms with van der Waals surface area (Å²) in [5.41, 5.74) is 7.03. The minimum atomic E-state index is -0.385. The average Bonchev–Trinajstić information content (AvgIpc) is 3.54. The maximum atomic E-state index is 13.8. The Morgan fingerprint density at radius 2 is 1.19 bits per heavy atom. The summed E-state index contributed by atoms with van der Waals surface area (Å²) in [6.07, 6.45) is 4.26. The van der Waals surface area contributed by atoms with Crippen molar-refractivity contribution >= 4 is 23.1 Å². The van der Waals surface area contributed by atoms with E-state index in [9.17, 15) is 9.59 Å². The predicted octanol–water partition coefficient (Wildman–Crippen LogP) is 5.74. The Hall–Kier alpha value is -4.12. The maximum Gasteiger partial charge on any atom is 0.238 e. The van der Waals surface area contributed by atoms with Crippen LogP contribution >= 0.6 is 0 Å². The van der Waals surface area contributed by atoms with Gasteiger partial charge in [0.2, 0.25) is 11.8 Å². The average molecular weight is 492 g/mol. The van der Waals surface area contributed by atoms with Gasteiger partial charge in [0.05, 0.1) is 31.7 Å². The van der Waals surface area contributed by atoms with Gasteiger partial charge in [-0.2, -0.15) is 0 Å². The SMILES string of the molecule is COc1ccc(C(=C2[C@H]3C=C[C@H]2[C@@H]2C(=O)N(c4ccc(C)cc4C)C(=O)[C@H]23)c2ccc(OC)cc2)cc1. The summed E-state index contributed by atoms with van der Waals surface area (Å²) in [6.45, 7) is 3.97. The van der Waals surface area contributed by atoms with E-state index in [2.05, 4.69) is 12.2 Å². The normalized spacial score (nSPS) is 23.6. The number of hydrogen-bond acceptors (Lipinski definition) is 4. The van der Waals surface area contributed by atoms with Crippen LogP contribution in [-0.2, 0) is 9.59 Å². The van der Waals surface area contributed by atoms with Crippen LogP contribution in [0.4, 0.5) is 5.69 Å². The standard InChI is InChI=1S/C32H29NO4/c1-18-5-16-26(19(2)17-18)33-31(34)29-24-14-15-25(30(29)32(33)35)28(24)27(20-6-10-22(36-3)11-7-20)21-8-12-23(37-4)13-9-21/h5-17,24-25,29-30H,1-4H3/t24-,25-,29+,30+/m1/s1. The van der Waals surface area contributed by atoms with Crippen molar-refractivity contribution in [1.82, 2.24) is 0 Å². The Kier molecular flexibility index (Phi) is 5.52. The minimum Gasteiger partial charge on any atom is -0.497 e. The molecule has 0 N–H and O–H groups in total. The minimum absolute atomic E-state index is 0.0971.